The highest BCUT2D eigenvalue weighted by molar-refractivity contribution is 5.94. The van der Waals surface area contributed by atoms with Crippen molar-refractivity contribution >= 4 is 17.6 Å². The highest BCUT2D eigenvalue weighted by atomic mass is 16.4. The van der Waals surface area contributed by atoms with Crippen LogP contribution in [0.3, 0.4) is 0 Å². The highest BCUT2D eigenvalue weighted by Gasteiger charge is 2.20. The van der Waals surface area contributed by atoms with Gasteiger partial charge in [0.05, 0.1) is 12.6 Å². The third-order valence-corrected chi connectivity index (χ3v) is 3.44. The Labute approximate surface area is 126 Å². The van der Waals surface area contributed by atoms with E-state index < -0.39 is 12.0 Å². The summed E-state index contributed by atoms with van der Waals surface area (Å²) in [7, 11) is 1.61. The average Bonchev–Trinajstić information content (AvgIpc) is 2.36. The molecule has 0 fully saturated rings. The summed E-state index contributed by atoms with van der Waals surface area (Å²) in [6.07, 6.45) is 0. The Bertz CT molecular complexity index is 503. The Kier molecular flexibility index (Phi) is 5.49. The minimum Gasteiger partial charge on any atom is -0.480 e. The van der Waals surface area contributed by atoms with E-state index in [2.05, 4.69) is 26.1 Å². The quantitative estimate of drug-likeness (QED) is 0.874. The molecule has 0 saturated heterocycles. The van der Waals surface area contributed by atoms with Gasteiger partial charge in [0.25, 0.3) is 0 Å². The van der Waals surface area contributed by atoms with E-state index >= 15 is 0 Å². The third kappa shape index (κ3) is 5.19. The molecule has 1 unspecified atom stereocenters. The van der Waals surface area contributed by atoms with E-state index in [1.165, 1.54) is 10.5 Å². The lowest BCUT2D eigenvalue weighted by molar-refractivity contribution is -0.138. The second-order valence-electron chi connectivity index (χ2n) is 6.30. The summed E-state index contributed by atoms with van der Waals surface area (Å²) >= 11 is 0. The van der Waals surface area contributed by atoms with Gasteiger partial charge in [-0.25, -0.2) is 0 Å². The van der Waals surface area contributed by atoms with Crippen molar-refractivity contribution in [1.29, 1.82) is 0 Å². The zero-order chi connectivity index (χ0) is 16.2. The minimum atomic E-state index is -0.952. The molecule has 0 bridgehead atoms. The molecule has 0 heterocycles. The van der Waals surface area contributed by atoms with Gasteiger partial charge in [-0.2, -0.15) is 0 Å². The van der Waals surface area contributed by atoms with Crippen LogP contribution in [0.4, 0.5) is 5.69 Å². The summed E-state index contributed by atoms with van der Waals surface area (Å²) < 4.78 is 0. The van der Waals surface area contributed by atoms with Gasteiger partial charge in [-0.3, -0.25) is 14.5 Å². The predicted octanol–water partition coefficient (Wildman–Crippen LogP) is 2.33. The summed E-state index contributed by atoms with van der Waals surface area (Å²) in [6, 6.07) is 7.19. The maximum Gasteiger partial charge on any atom is 0.317 e. The fraction of sp³-hybridized carbons (Fsp3) is 0.500. The number of carboxylic acids is 1. The maximum absolute atomic E-state index is 12.1. The van der Waals surface area contributed by atoms with Gasteiger partial charge in [-0.15, -0.1) is 0 Å². The lowest BCUT2D eigenvalue weighted by atomic mass is 9.87. The van der Waals surface area contributed by atoms with Gasteiger partial charge >= 0.3 is 5.97 Å². The Hall–Kier alpha value is -1.88. The molecule has 2 N–H and O–H groups in total. The second kappa shape index (κ2) is 6.72. The van der Waals surface area contributed by atoms with Gasteiger partial charge in [0, 0.05) is 5.69 Å². The van der Waals surface area contributed by atoms with Crippen LogP contribution < -0.4 is 5.32 Å². The maximum atomic E-state index is 12.1. The van der Waals surface area contributed by atoms with Gasteiger partial charge in [-0.05, 0) is 37.1 Å². The monoisotopic (exact) mass is 292 g/mol. The normalized spacial score (nSPS) is 13.0. The van der Waals surface area contributed by atoms with Crippen LogP contribution in [0.2, 0.25) is 0 Å². The number of hydrogen-bond acceptors (Lipinski definition) is 3. The second-order valence-corrected chi connectivity index (χ2v) is 6.30. The zero-order valence-electron chi connectivity index (χ0n) is 13.3. The number of hydrogen-bond donors (Lipinski definition) is 2. The summed E-state index contributed by atoms with van der Waals surface area (Å²) in [5.74, 6) is -1.17. The largest absolute Gasteiger partial charge is 0.480 e. The fourth-order valence-corrected chi connectivity index (χ4v) is 1.85. The van der Waals surface area contributed by atoms with Crippen LogP contribution in [0, 0.1) is 0 Å². The molecule has 1 amide bonds. The van der Waals surface area contributed by atoms with Gasteiger partial charge in [0.2, 0.25) is 5.91 Å². The number of likely N-dealkylation sites (N-methyl/N-ethyl adjacent to an activating group) is 1. The van der Waals surface area contributed by atoms with Crippen molar-refractivity contribution in [3.05, 3.63) is 29.8 Å². The van der Waals surface area contributed by atoms with E-state index in [0.29, 0.717) is 5.69 Å². The molecule has 0 saturated carbocycles. The number of carbonyl (C=O) groups is 2. The number of benzene rings is 1. The molecule has 1 atom stereocenters. The number of nitrogens with one attached hydrogen (secondary N) is 1. The Morgan fingerprint density at radius 2 is 1.76 bits per heavy atom. The van der Waals surface area contributed by atoms with Crippen molar-refractivity contribution in [2.75, 3.05) is 18.9 Å². The van der Waals surface area contributed by atoms with Crippen LogP contribution in [-0.2, 0) is 15.0 Å². The highest BCUT2D eigenvalue weighted by Crippen LogP contribution is 2.23. The number of carbonyl (C=O) groups excluding carboxylic acids is 1. The molecule has 0 aromatic heterocycles. The Morgan fingerprint density at radius 1 is 1.24 bits per heavy atom. The van der Waals surface area contributed by atoms with Crippen LogP contribution >= 0.6 is 0 Å². The van der Waals surface area contributed by atoms with Crippen molar-refractivity contribution in [2.24, 2.45) is 0 Å². The van der Waals surface area contributed by atoms with Crippen LogP contribution in [0.1, 0.15) is 33.3 Å². The molecule has 0 spiro atoms. The Morgan fingerprint density at radius 3 is 2.19 bits per heavy atom. The number of nitrogens with zero attached hydrogens (tertiary/aromatic N) is 1. The molecular formula is C16H24N2O3. The molecule has 21 heavy (non-hydrogen) atoms. The van der Waals surface area contributed by atoms with Crippen molar-refractivity contribution < 1.29 is 14.7 Å². The number of anilines is 1. The smallest absolute Gasteiger partial charge is 0.317 e. The Balaban J connectivity index is 2.68. The summed E-state index contributed by atoms with van der Waals surface area (Å²) in [4.78, 5) is 24.2. The summed E-state index contributed by atoms with van der Waals surface area (Å²) in [6.45, 7) is 7.90. The number of amides is 1. The fourth-order valence-electron chi connectivity index (χ4n) is 1.85. The molecule has 1 aromatic carbocycles. The van der Waals surface area contributed by atoms with Gasteiger partial charge in [0.15, 0.2) is 0 Å². The minimum absolute atomic E-state index is 0.0670. The lowest BCUT2D eigenvalue weighted by Crippen LogP contribution is -2.42. The molecule has 5 nitrogen and oxygen atoms in total. The molecule has 1 rings (SSSR count). The average molecular weight is 292 g/mol. The van der Waals surface area contributed by atoms with E-state index in [1.54, 1.807) is 14.0 Å². The molecule has 1 aromatic rings. The molecule has 0 aliphatic carbocycles. The van der Waals surface area contributed by atoms with Crippen LogP contribution in [0.15, 0.2) is 24.3 Å². The van der Waals surface area contributed by atoms with Crippen molar-refractivity contribution in [3.8, 4) is 0 Å². The first-order valence-corrected chi connectivity index (χ1v) is 6.94. The lowest BCUT2D eigenvalue weighted by Gasteiger charge is -2.22. The topological polar surface area (TPSA) is 69.6 Å². The van der Waals surface area contributed by atoms with E-state index in [1.807, 2.05) is 24.3 Å². The third-order valence-electron chi connectivity index (χ3n) is 3.44. The SMILES string of the molecule is CC(C(=O)Nc1ccc(C(C)(C)C)cc1)N(C)CC(=O)O. The molecular weight excluding hydrogens is 268 g/mol. The van der Waals surface area contributed by atoms with Crippen molar-refractivity contribution in [2.45, 2.75) is 39.2 Å². The predicted molar refractivity (Wildman–Crippen MR) is 83.5 cm³/mol. The molecule has 5 heteroatoms. The van der Waals surface area contributed by atoms with Crippen molar-refractivity contribution in [3.63, 3.8) is 0 Å². The first kappa shape index (κ1) is 17.2. The van der Waals surface area contributed by atoms with E-state index in [0.717, 1.165) is 0 Å². The molecule has 0 aliphatic heterocycles. The van der Waals surface area contributed by atoms with E-state index in [9.17, 15) is 9.59 Å². The van der Waals surface area contributed by atoms with Crippen LogP contribution in [0.25, 0.3) is 0 Å². The molecule has 0 radical (unpaired) electrons. The zero-order valence-corrected chi connectivity index (χ0v) is 13.3. The van der Waals surface area contributed by atoms with E-state index in [-0.39, 0.29) is 17.9 Å². The van der Waals surface area contributed by atoms with Gasteiger partial charge in [0.1, 0.15) is 0 Å². The van der Waals surface area contributed by atoms with E-state index in [4.69, 9.17) is 5.11 Å². The van der Waals surface area contributed by atoms with Gasteiger partial charge in [-0.1, -0.05) is 32.9 Å². The van der Waals surface area contributed by atoms with Crippen LogP contribution in [-0.4, -0.2) is 41.5 Å². The summed E-state index contributed by atoms with van der Waals surface area (Å²) in [5, 5.41) is 11.5. The first-order valence-electron chi connectivity index (χ1n) is 6.94. The van der Waals surface area contributed by atoms with Gasteiger partial charge < -0.3 is 10.4 Å². The number of carboxylic acid groups (broad SMARTS) is 1. The van der Waals surface area contributed by atoms with Crippen LogP contribution in [0.5, 0.6) is 0 Å². The molecule has 116 valence electrons. The number of aliphatic carboxylic acids is 1. The first-order chi connectivity index (χ1) is 9.61. The number of rotatable bonds is 5. The molecule has 0 aliphatic rings. The summed E-state index contributed by atoms with van der Waals surface area (Å²) in [5.41, 5.74) is 1.97. The standard InChI is InChI=1S/C16H24N2O3/c1-11(18(5)10-14(19)20)15(21)17-13-8-6-12(7-9-13)16(2,3)4/h6-9,11H,10H2,1-5H3,(H,17,21)(H,19,20). The van der Waals surface area contributed by atoms with Crippen molar-refractivity contribution in [1.82, 2.24) is 4.90 Å².